The summed E-state index contributed by atoms with van der Waals surface area (Å²) >= 11 is 1.78. The van der Waals surface area contributed by atoms with Crippen molar-refractivity contribution in [3.63, 3.8) is 0 Å². The standard InChI is InChI=1S/C16H20N2OS/c1-19-14-6-4-13(5-7-14)15-11-20-16(18-15)9-12-3-2-8-17-10-12/h4-7,11-12,17H,2-3,8-10H2,1H3. The molecule has 3 nitrogen and oxygen atoms in total. The summed E-state index contributed by atoms with van der Waals surface area (Å²) in [5.74, 6) is 1.64. The highest BCUT2D eigenvalue weighted by Crippen LogP contribution is 2.26. The molecule has 1 fully saturated rings. The van der Waals surface area contributed by atoms with Crippen molar-refractivity contribution in [2.75, 3.05) is 20.2 Å². The Morgan fingerprint density at radius 2 is 2.20 bits per heavy atom. The highest BCUT2D eigenvalue weighted by atomic mass is 32.1. The predicted molar refractivity (Wildman–Crippen MR) is 83.4 cm³/mol. The zero-order valence-corrected chi connectivity index (χ0v) is 12.6. The van der Waals surface area contributed by atoms with Gasteiger partial charge < -0.3 is 10.1 Å². The van der Waals surface area contributed by atoms with Crippen LogP contribution < -0.4 is 10.1 Å². The minimum atomic E-state index is 0.749. The van der Waals surface area contributed by atoms with Crippen molar-refractivity contribution < 1.29 is 4.74 Å². The molecule has 4 heteroatoms. The third-order valence-corrected chi connectivity index (χ3v) is 4.67. The lowest BCUT2D eigenvalue weighted by atomic mass is 9.97. The average molecular weight is 288 g/mol. The molecule has 1 aliphatic rings. The van der Waals surface area contributed by atoms with Crippen LogP contribution in [0.15, 0.2) is 29.6 Å². The highest BCUT2D eigenvalue weighted by molar-refractivity contribution is 7.09. The predicted octanol–water partition coefficient (Wildman–Crippen LogP) is 3.36. The van der Waals surface area contributed by atoms with Crippen LogP contribution in [-0.2, 0) is 6.42 Å². The lowest BCUT2D eigenvalue weighted by molar-refractivity contribution is 0.376. The van der Waals surface area contributed by atoms with E-state index in [1.54, 1.807) is 18.4 Å². The van der Waals surface area contributed by atoms with E-state index in [9.17, 15) is 0 Å². The van der Waals surface area contributed by atoms with Gasteiger partial charge in [-0.1, -0.05) is 0 Å². The van der Waals surface area contributed by atoms with Gasteiger partial charge in [-0.15, -0.1) is 11.3 Å². The molecule has 0 spiro atoms. The number of piperidine rings is 1. The van der Waals surface area contributed by atoms with E-state index in [1.165, 1.54) is 24.4 Å². The van der Waals surface area contributed by atoms with E-state index in [0.29, 0.717) is 0 Å². The second-order valence-corrected chi connectivity index (χ2v) is 6.21. The van der Waals surface area contributed by atoms with Crippen LogP contribution in [-0.4, -0.2) is 25.2 Å². The van der Waals surface area contributed by atoms with Crippen LogP contribution in [0.4, 0.5) is 0 Å². The molecule has 2 aromatic rings. The third kappa shape index (κ3) is 3.19. The van der Waals surface area contributed by atoms with Crippen LogP contribution in [0.5, 0.6) is 5.75 Å². The minimum Gasteiger partial charge on any atom is -0.497 e. The van der Waals surface area contributed by atoms with E-state index in [0.717, 1.165) is 35.9 Å². The van der Waals surface area contributed by atoms with Crippen molar-refractivity contribution in [3.8, 4) is 17.0 Å². The Hall–Kier alpha value is -1.39. The van der Waals surface area contributed by atoms with Gasteiger partial charge in [-0.2, -0.15) is 0 Å². The fraction of sp³-hybridized carbons (Fsp3) is 0.438. The zero-order valence-electron chi connectivity index (χ0n) is 11.8. The van der Waals surface area contributed by atoms with Crippen LogP contribution >= 0.6 is 11.3 Å². The van der Waals surface area contributed by atoms with Crippen molar-refractivity contribution in [2.45, 2.75) is 19.3 Å². The number of thiazole rings is 1. The van der Waals surface area contributed by atoms with Crippen LogP contribution in [0.3, 0.4) is 0 Å². The molecule has 0 amide bonds. The number of hydrogen-bond donors (Lipinski definition) is 1. The Labute approximate surface area is 124 Å². The molecule has 0 bridgehead atoms. The summed E-state index contributed by atoms with van der Waals surface area (Å²) in [6.45, 7) is 2.31. The molecule has 1 unspecified atom stereocenters. The zero-order chi connectivity index (χ0) is 13.8. The first-order valence-corrected chi connectivity index (χ1v) is 8.02. The van der Waals surface area contributed by atoms with E-state index < -0.39 is 0 Å². The lowest BCUT2D eigenvalue weighted by Gasteiger charge is -2.21. The first kappa shape index (κ1) is 13.6. The van der Waals surface area contributed by atoms with Crippen LogP contribution in [0.25, 0.3) is 11.3 Å². The minimum absolute atomic E-state index is 0.749. The number of aromatic nitrogens is 1. The molecular formula is C16H20N2OS. The van der Waals surface area contributed by atoms with Crippen molar-refractivity contribution in [2.24, 2.45) is 5.92 Å². The van der Waals surface area contributed by atoms with Crippen molar-refractivity contribution in [3.05, 3.63) is 34.7 Å². The summed E-state index contributed by atoms with van der Waals surface area (Å²) in [6, 6.07) is 8.11. The summed E-state index contributed by atoms with van der Waals surface area (Å²) < 4.78 is 5.19. The normalized spacial score (nSPS) is 18.9. The molecular weight excluding hydrogens is 268 g/mol. The fourth-order valence-electron chi connectivity index (χ4n) is 2.64. The molecule has 1 aliphatic heterocycles. The largest absolute Gasteiger partial charge is 0.497 e. The van der Waals surface area contributed by atoms with Gasteiger partial charge in [0.15, 0.2) is 0 Å². The Morgan fingerprint density at radius 3 is 2.90 bits per heavy atom. The summed E-state index contributed by atoms with van der Waals surface area (Å²) in [6.07, 6.45) is 3.72. The fourth-order valence-corrected chi connectivity index (χ4v) is 3.56. The van der Waals surface area contributed by atoms with E-state index in [4.69, 9.17) is 9.72 Å². The summed E-state index contributed by atoms with van der Waals surface area (Å²) in [7, 11) is 1.69. The van der Waals surface area contributed by atoms with Crippen LogP contribution in [0.1, 0.15) is 17.8 Å². The molecule has 1 aromatic carbocycles. The molecule has 0 saturated carbocycles. The smallest absolute Gasteiger partial charge is 0.118 e. The second kappa shape index (κ2) is 6.37. The molecule has 1 saturated heterocycles. The van der Waals surface area contributed by atoms with E-state index >= 15 is 0 Å². The van der Waals surface area contributed by atoms with Crippen LogP contribution in [0.2, 0.25) is 0 Å². The number of methoxy groups -OCH3 is 1. The summed E-state index contributed by atoms with van der Waals surface area (Å²) in [5, 5.41) is 6.88. The van der Waals surface area contributed by atoms with Gasteiger partial charge >= 0.3 is 0 Å². The van der Waals surface area contributed by atoms with Crippen molar-refractivity contribution in [1.29, 1.82) is 0 Å². The molecule has 106 valence electrons. The topological polar surface area (TPSA) is 34.1 Å². The first-order valence-electron chi connectivity index (χ1n) is 7.14. The molecule has 0 radical (unpaired) electrons. The lowest BCUT2D eigenvalue weighted by Crippen LogP contribution is -2.30. The molecule has 20 heavy (non-hydrogen) atoms. The Balaban J connectivity index is 1.68. The first-order chi connectivity index (χ1) is 9.85. The van der Waals surface area contributed by atoms with Gasteiger partial charge in [0.2, 0.25) is 0 Å². The Morgan fingerprint density at radius 1 is 1.35 bits per heavy atom. The number of nitrogens with one attached hydrogen (secondary N) is 1. The Kier molecular flexibility index (Phi) is 4.33. The summed E-state index contributed by atoms with van der Waals surface area (Å²) in [4.78, 5) is 4.78. The number of nitrogens with zero attached hydrogens (tertiary/aromatic N) is 1. The maximum absolute atomic E-state index is 5.19. The number of rotatable bonds is 4. The van der Waals surface area contributed by atoms with Crippen LogP contribution in [0, 0.1) is 5.92 Å². The van der Waals surface area contributed by atoms with Gasteiger partial charge in [-0.05, 0) is 56.1 Å². The van der Waals surface area contributed by atoms with E-state index in [-0.39, 0.29) is 0 Å². The second-order valence-electron chi connectivity index (χ2n) is 5.27. The monoisotopic (exact) mass is 288 g/mol. The molecule has 2 heterocycles. The Bertz CT molecular complexity index is 544. The van der Waals surface area contributed by atoms with Gasteiger partial charge in [0.1, 0.15) is 5.75 Å². The highest BCUT2D eigenvalue weighted by Gasteiger charge is 2.15. The molecule has 1 N–H and O–H groups in total. The number of benzene rings is 1. The number of ether oxygens (including phenoxy) is 1. The van der Waals surface area contributed by atoms with Gasteiger partial charge in [0, 0.05) is 17.4 Å². The molecule has 1 atom stereocenters. The average Bonchev–Trinajstić information content (AvgIpc) is 2.97. The SMILES string of the molecule is COc1ccc(-c2csc(CC3CCCNC3)n2)cc1. The van der Waals surface area contributed by atoms with E-state index in [1.807, 2.05) is 12.1 Å². The third-order valence-electron chi connectivity index (χ3n) is 3.80. The van der Waals surface area contributed by atoms with Crippen molar-refractivity contribution >= 4 is 11.3 Å². The number of hydrogen-bond acceptors (Lipinski definition) is 4. The molecule has 1 aromatic heterocycles. The van der Waals surface area contributed by atoms with Gasteiger partial charge in [-0.25, -0.2) is 4.98 Å². The van der Waals surface area contributed by atoms with Crippen molar-refractivity contribution in [1.82, 2.24) is 10.3 Å². The molecule has 3 rings (SSSR count). The quantitative estimate of drug-likeness (QED) is 0.936. The maximum Gasteiger partial charge on any atom is 0.118 e. The maximum atomic E-state index is 5.19. The van der Waals surface area contributed by atoms with Gasteiger partial charge in [0.05, 0.1) is 17.8 Å². The van der Waals surface area contributed by atoms with Gasteiger partial charge in [-0.3, -0.25) is 0 Å². The van der Waals surface area contributed by atoms with Gasteiger partial charge in [0.25, 0.3) is 0 Å². The summed E-state index contributed by atoms with van der Waals surface area (Å²) in [5.41, 5.74) is 2.24. The molecule has 0 aliphatic carbocycles. The van der Waals surface area contributed by atoms with E-state index in [2.05, 4.69) is 22.8 Å².